The van der Waals surface area contributed by atoms with Gasteiger partial charge in [0, 0.05) is 7.11 Å². The number of esters is 8. The first-order valence-electron chi connectivity index (χ1n) is 37.6. The van der Waals surface area contributed by atoms with Crippen molar-refractivity contribution in [3.05, 3.63) is 348 Å². The van der Waals surface area contributed by atoms with Crippen LogP contribution in [0.3, 0.4) is 0 Å². The minimum absolute atomic E-state index is 0.00467. The van der Waals surface area contributed by atoms with E-state index in [1.165, 1.54) is 104 Å². The average Bonchev–Trinajstić information content (AvgIpc) is 0.740. The highest BCUT2D eigenvalue weighted by Gasteiger charge is 2.61. The summed E-state index contributed by atoms with van der Waals surface area (Å²) in [4.78, 5) is 119. The second kappa shape index (κ2) is 38.3. The minimum Gasteiger partial charge on any atom is -0.459 e. The summed E-state index contributed by atoms with van der Waals surface area (Å²) in [5.74, 6) is -7.93. The van der Waals surface area contributed by atoms with Gasteiger partial charge in [-0.15, -0.1) is 0 Å². The largest absolute Gasteiger partial charge is 0.459 e. The molecule has 0 bridgehead atoms. The molecule has 25 heteroatoms. The van der Waals surface area contributed by atoms with E-state index in [-0.39, 0.29) is 44.5 Å². The molecule has 3 aliphatic rings. The standard InChI is InChI=1S/C91H84O24Si/c1-91(2,3)116(66-51-31-13-32-52-66,67-53-33-14-34-54-67)104-57-70-73(109-83(96)61-41-21-8-22-42-61)77(115-89-75(110-84(97)62-43-23-9-24-44-62)71(92)72(108-82(95)60-39-19-7-20-40-60)68(106-89)55-102-80(93)58-35-15-5-16-36-58)79(113-87(100)65-49-29-12-30-50-65)90(107-70)114-74-69(56-103-81(94)59-37-17-6-18-38-59)105-88(101-4)78(112-86(99)64-47-27-11-28-48-64)76(74)111-85(98)63-45-25-10-26-46-63/h5-54,68-79,88-90,92H,55-57H2,1-4H3/t68-,69-,70-,71+,72+,73+,74-,75-,76+,77+,78+,79-,88+,89+,90+/m1/s1. The lowest BCUT2D eigenvalue weighted by atomic mass is 9.95. The highest BCUT2D eigenvalue weighted by molar-refractivity contribution is 6.99. The van der Waals surface area contributed by atoms with Gasteiger partial charge in [0.05, 0.1) is 51.1 Å². The van der Waals surface area contributed by atoms with Gasteiger partial charge >= 0.3 is 47.8 Å². The number of benzene rings is 10. The first kappa shape index (κ1) is 81.9. The van der Waals surface area contributed by atoms with E-state index < -0.39 is 173 Å². The summed E-state index contributed by atoms with van der Waals surface area (Å²) in [5, 5.41) is 14.1. The van der Waals surface area contributed by atoms with Gasteiger partial charge in [0.2, 0.25) is 0 Å². The molecule has 0 radical (unpaired) electrons. The van der Waals surface area contributed by atoms with E-state index >= 15 is 14.4 Å². The average molecular weight is 1590 g/mol. The van der Waals surface area contributed by atoms with Gasteiger partial charge < -0.3 is 75.8 Å². The maximum atomic E-state index is 15.7. The minimum atomic E-state index is -3.81. The molecule has 596 valence electrons. The molecule has 0 unspecified atom stereocenters. The van der Waals surface area contributed by atoms with E-state index in [4.69, 9.17) is 70.7 Å². The first-order valence-corrected chi connectivity index (χ1v) is 39.5. The Hall–Kier alpha value is -12.1. The van der Waals surface area contributed by atoms with E-state index in [0.29, 0.717) is 0 Å². The molecule has 1 N–H and O–H groups in total. The molecular weight excluding hydrogens is 1510 g/mol. The van der Waals surface area contributed by atoms with Crippen LogP contribution in [0.15, 0.2) is 303 Å². The van der Waals surface area contributed by atoms with E-state index in [0.717, 1.165) is 10.4 Å². The van der Waals surface area contributed by atoms with Crippen molar-refractivity contribution in [3.63, 3.8) is 0 Å². The molecule has 0 aromatic heterocycles. The Morgan fingerprint density at radius 2 is 0.543 bits per heavy atom. The van der Waals surface area contributed by atoms with Crippen LogP contribution in [0.2, 0.25) is 5.04 Å². The van der Waals surface area contributed by atoms with Crippen molar-refractivity contribution in [1.29, 1.82) is 0 Å². The lowest BCUT2D eigenvalue weighted by Crippen LogP contribution is -2.70. The van der Waals surface area contributed by atoms with Gasteiger partial charge in [-0.3, -0.25) is 0 Å². The molecule has 0 aliphatic carbocycles. The molecule has 116 heavy (non-hydrogen) atoms. The fourth-order valence-electron chi connectivity index (χ4n) is 14.1. The van der Waals surface area contributed by atoms with Crippen molar-refractivity contribution in [2.45, 2.75) is 118 Å². The Kier molecular flexibility index (Phi) is 27.0. The number of hydrogen-bond donors (Lipinski definition) is 1. The lowest BCUT2D eigenvalue weighted by Gasteiger charge is -2.51. The zero-order chi connectivity index (χ0) is 81.1. The Balaban J connectivity index is 1.03. The van der Waals surface area contributed by atoms with E-state index in [1.807, 2.05) is 81.4 Å². The van der Waals surface area contributed by atoms with Gasteiger partial charge in [0.25, 0.3) is 8.32 Å². The molecule has 3 aliphatic heterocycles. The number of hydrogen-bond acceptors (Lipinski definition) is 24. The Morgan fingerprint density at radius 3 is 0.879 bits per heavy atom. The fourth-order valence-corrected chi connectivity index (χ4v) is 18.7. The van der Waals surface area contributed by atoms with Crippen molar-refractivity contribution in [3.8, 4) is 0 Å². The molecule has 10 aromatic carbocycles. The van der Waals surface area contributed by atoms with Gasteiger partial charge in [-0.25, -0.2) is 38.4 Å². The van der Waals surface area contributed by atoms with Crippen LogP contribution in [0.1, 0.15) is 104 Å². The number of rotatable bonds is 28. The summed E-state index contributed by atoms with van der Waals surface area (Å²) in [5.41, 5.74) is 0.0845. The lowest BCUT2D eigenvalue weighted by molar-refractivity contribution is -0.376. The third-order valence-electron chi connectivity index (χ3n) is 19.8. The predicted molar refractivity (Wildman–Crippen MR) is 420 cm³/mol. The summed E-state index contributed by atoms with van der Waals surface area (Å²) < 4.78 is 101. The molecule has 0 saturated carbocycles. The molecule has 15 atom stereocenters. The van der Waals surface area contributed by atoms with Gasteiger partial charge in [0.1, 0.15) is 49.8 Å². The normalized spacial score (nSPS) is 23.2. The molecule has 10 aromatic rings. The quantitative estimate of drug-likeness (QED) is 0.0271. The van der Waals surface area contributed by atoms with E-state index in [9.17, 15) is 29.1 Å². The van der Waals surface area contributed by atoms with Crippen molar-refractivity contribution < 1.29 is 114 Å². The third-order valence-corrected chi connectivity index (χ3v) is 24.8. The molecule has 3 fully saturated rings. The zero-order valence-electron chi connectivity index (χ0n) is 63.5. The van der Waals surface area contributed by atoms with Crippen molar-refractivity contribution in [1.82, 2.24) is 0 Å². The molecule has 3 heterocycles. The number of ether oxygens (including phenoxy) is 14. The van der Waals surface area contributed by atoms with Gasteiger partial charge in [0.15, 0.2) is 55.5 Å². The van der Waals surface area contributed by atoms with Gasteiger partial charge in [-0.05, 0) is 112 Å². The van der Waals surface area contributed by atoms with Crippen molar-refractivity contribution >= 4 is 66.4 Å². The number of carbonyl (C=O) groups excluding carboxylic acids is 8. The van der Waals surface area contributed by atoms with Crippen LogP contribution in [-0.4, -0.2) is 180 Å². The number of aliphatic hydroxyl groups excluding tert-OH is 1. The Morgan fingerprint density at radius 1 is 0.293 bits per heavy atom. The van der Waals surface area contributed by atoms with E-state index in [1.54, 1.807) is 146 Å². The predicted octanol–water partition coefficient (Wildman–Crippen LogP) is 11.6. The van der Waals surface area contributed by atoms with Crippen molar-refractivity contribution in [2.24, 2.45) is 0 Å². The molecule has 13 rings (SSSR count). The summed E-state index contributed by atoms with van der Waals surface area (Å²) in [6.07, 6.45) is -29.7. The van der Waals surface area contributed by atoms with E-state index in [2.05, 4.69) is 0 Å². The topological polar surface area (TPSA) is 295 Å². The molecule has 24 nitrogen and oxygen atoms in total. The first-order chi connectivity index (χ1) is 56.3. The van der Waals surface area contributed by atoms with Gasteiger partial charge in [-0.1, -0.05) is 227 Å². The number of carbonyl (C=O) groups is 8. The van der Waals surface area contributed by atoms with Crippen molar-refractivity contribution in [2.75, 3.05) is 26.9 Å². The smallest absolute Gasteiger partial charge is 0.338 e. The molecule has 0 amide bonds. The third kappa shape index (κ3) is 19.4. The van der Waals surface area contributed by atoms with Crippen LogP contribution in [0.25, 0.3) is 0 Å². The second-order valence-electron chi connectivity index (χ2n) is 28.4. The number of aliphatic hydroxyl groups is 1. The van der Waals surface area contributed by atoms with Crippen LogP contribution in [0.5, 0.6) is 0 Å². The SMILES string of the molecule is CO[C@H]1O[C@H](COC(=O)c2ccccc2)[C@@H](O[C@@H]2O[C@H](CO[Si](c3ccccc3)(c3ccccc3)C(C)(C)C)[C@H](OC(=O)c3ccccc3)[C@H](O[C@@H]3O[C@H](COC(=O)c4ccccc4)[C@H](OC(=O)c4ccccc4)[C@H](O)[C@H]3OC(=O)c3ccccc3)[C@H]2OC(=O)c2ccccc2)[C@H](OC(=O)c2ccccc2)[C@@H]1OC(=O)c1ccccc1. The maximum absolute atomic E-state index is 15.7. The summed E-state index contributed by atoms with van der Waals surface area (Å²) >= 11 is 0. The summed E-state index contributed by atoms with van der Waals surface area (Å²) in [6.45, 7) is 3.89. The monoisotopic (exact) mass is 1590 g/mol. The fraction of sp³-hybridized carbons (Fsp3) is 0.253. The summed E-state index contributed by atoms with van der Waals surface area (Å²) in [6, 6.07) is 81.2. The van der Waals surface area contributed by atoms with Crippen LogP contribution < -0.4 is 10.4 Å². The van der Waals surface area contributed by atoms with Gasteiger partial charge in [-0.2, -0.15) is 0 Å². The highest BCUT2D eigenvalue weighted by Crippen LogP contribution is 2.42. The summed E-state index contributed by atoms with van der Waals surface area (Å²) in [7, 11) is -2.58. The second-order valence-corrected chi connectivity index (χ2v) is 32.7. The Bertz CT molecular complexity index is 4860. The maximum Gasteiger partial charge on any atom is 0.338 e. The molecule has 0 spiro atoms. The highest BCUT2D eigenvalue weighted by atomic mass is 28.4. The molecule has 3 saturated heterocycles. The van der Waals surface area contributed by atoms with Crippen LogP contribution in [0.4, 0.5) is 0 Å². The van der Waals surface area contributed by atoms with Crippen LogP contribution in [0, 0.1) is 0 Å². The molecular formula is C91H84O24Si. The Labute approximate surface area is 670 Å². The van der Waals surface area contributed by atoms with Crippen LogP contribution >= 0.6 is 0 Å². The number of methoxy groups -OCH3 is 1. The van der Waals surface area contributed by atoms with Crippen LogP contribution in [-0.2, 0) is 70.7 Å². The zero-order valence-corrected chi connectivity index (χ0v) is 64.5.